The first-order valence-electron chi connectivity index (χ1n) is 13.6. The van der Waals surface area contributed by atoms with Gasteiger partial charge in [0.1, 0.15) is 17.5 Å². The average Bonchev–Trinajstić information content (AvgIpc) is 3.47. The number of pyridine rings is 1. The third-order valence-corrected chi connectivity index (χ3v) is 8.77. The first-order chi connectivity index (χ1) is 18.9. The lowest BCUT2D eigenvalue weighted by atomic mass is 10.0. The molecule has 1 unspecified atom stereocenters. The van der Waals surface area contributed by atoms with Gasteiger partial charge in [-0.05, 0) is 64.4 Å². The summed E-state index contributed by atoms with van der Waals surface area (Å²) in [5.74, 6) is 0.476. The fourth-order valence-corrected chi connectivity index (χ4v) is 6.72. The van der Waals surface area contributed by atoms with Gasteiger partial charge >= 0.3 is 6.09 Å². The Morgan fingerprint density at radius 1 is 1.10 bits per heavy atom. The van der Waals surface area contributed by atoms with Crippen molar-refractivity contribution in [2.45, 2.75) is 78.0 Å². The van der Waals surface area contributed by atoms with Crippen LogP contribution in [0.15, 0.2) is 30.5 Å². The third-order valence-electron chi connectivity index (χ3n) is 7.23. The van der Waals surface area contributed by atoms with E-state index in [1.807, 2.05) is 58.9 Å². The molecule has 0 radical (unpaired) electrons. The summed E-state index contributed by atoms with van der Waals surface area (Å²) in [5, 5.41) is 0.600. The molecule has 1 aromatic carbocycles. The SMILES string of the molecule is Cc1cc(Cl)cc(-c2ccnc3cc(C(C)N4C(=O)CCC4=O)sc23)c1OC1CCN(C(=O)OC(C)(C)C)CC1. The fourth-order valence-electron chi connectivity index (χ4n) is 5.26. The molecule has 40 heavy (non-hydrogen) atoms. The molecule has 0 saturated carbocycles. The largest absolute Gasteiger partial charge is 0.489 e. The van der Waals surface area contributed by atoms with E-state index < -0.39 is 5.60 Å². The summed E-state index contributed by atoms with van der Waals surface area (Å²) in [4.78, 5) is 45.8. The molecule has 212 valence electrons. The van der Waals surface area contributed by atoms with E-state index in [1.165, 1.54) is 16.2 Å². The molecule has 2 saturated heterocycles. The third kappa shape index (κ3) is 5.81. The topological polar surface area (TPSA) is 89.0 Å². The molecule has 0 N–H and O–H groups in total. The number of carbonyl (C=O) groups excluding carboxylic acids is 3. The molecule has 3 aromatic rings. The highest BCUT2D eigenvalue weighted by molar-refractivity contribution is 7.19. The predicted octanol–water partition coefficient (Wildman–Crippen LogP) is 6.91. The highest BCUT2D eigenvalue weighted by Crippen LogP contribution is 2.44. The van der Waals surface area contributed by atoms with Gasteiger partial charge < -0.3 is 14.4 Å². The zero-order valence-electron chi connectivity index (χ0n) is 23.5. The van der Waals surface area contributed by atoms with E-state index in [0.717, 1.165) is 37.5 Å². The number of aryl methyl sites for hydroxylation is 1. The number of benzene rings is 1. The quantitative estimate of drug-likeness (QED) is 0.303. The van der Waals surface area contributed by atoms with E-state index >= 15 is 0 Å². The van der Waals surface area contributed by atoms with Gasteiger partial charge in [0, 0.05) is 66.0 Å². The number of rotatable bonds is 5. The van der Waals surface area contributed by atoms with Gasteiger partial charge in [0.2, 0.25) is 11.8 Å². The van der Waals surface area contributed by atoms with Crippen molar-refractivity contribution >= 4 is 51.1 Å². The van der Waals surface area contributed by atoms with Crippen molar-refractivity contribution in [3.8, 4) is 16.9 Å². The number of nitrogens with zero attached hydrogens (tertiary/aromatic N) is 3. The Kier molecular flexibility index (Phi) is 7.81. The minimum absolute atomic E-state index is 0.0687. The summed E-state index contributed by atoms with van der Waals surface area (Å²) in [7, 11) is 0. The Morgan fingerprint density at radius 2 is 1.77 bits per heavy atom. The van der Waals surface area contributed by atoms with Crippen molar-refractivity contribution < 1.29 is 23.9 Å². The number of aromatic nitrogens is 1. The molecular weight excluding hydrogens is 550 g/mol. The molecule has 8 nitrogen and oxygen atoms in total. The number of carbonyl (C=O) groups is 3. The Morgan fingerprint density at radius 3 is 2.42 bits per heavy atom. The van der Waals surface area contributed by atoms with Crippen LogP contribution in [0.3, 0.4) is 0 Å². The van der Waals surface area contributed by atoms with Crippen molar-refractivity contribution in [1.82, 2.24) is 14.8 Å². The number of hydrogen-bond acceptors (Lipinski definition) is 7. The molecule has 5 rings (SSSR count). The van der Waals surface area contributed by atoms with E-state index in [9.17, 15) is 14.4 Å². The Balaban J connectivity index is 1.42. The van der Waals surface area contributed by atoms with Gasteiger partial charge in [-0.25, -0.2) is 4.79 Å². The van der Waals surface area contributed by atoms with E-state index in [4.69, 9.17) is 21.1 Å². The second-order valence-corrected chi connectivity index (χ2v) is 13.0. The molecular formula is C30H34ClN3O5S. The van der Waals surface area contributed by atoms with Gasteiger partial charge in [0.15, 0.2) is 0 Å². The van der Waals surface area contributed by atoms with Crippen LogP contribution >= 0.6 is 22.9 Å². The lowest BCUT2D eigenvalue weighted by molar-refractivity contribution is -0.140. The van der Waals surface area contributed by atoms with Crippen LogP contribution in [-0.4, -0.2) is 57.5 Å². The molecule has 2 aliphatic rings. The number of likely N-dealkylation sites (tertiary alicyclic amines) is 2. The molecule has 2 fully saturated rings. The van der Waals surface area contributed by atoms with Crippen molar-refractivity contribution in [1.29, 1.82) is 0 Å². The first-order valence-corrected chi connectivity index (χ1v) is 14.8. The van der Waals surface area contributed by atoms with Gasteiger partial charge in [0.25, 0.3) is 0 Å². The minimum Gasteiger partial charge on any atom is -0.489 e. The maximum absolute atomic E-state index is 12.5. The van der Waals surface area contributed by atoms with Gasteiger partial charge in [0.05, 0.1) is 16.3 Å². The number of piperidine rings is 1. The number of fused-ring (bicyclic) bond motifs is 1. The lowest BCUT2D eigenvalue weighted by Crippen LogP contribution is -2.44. The van der Waals surface area contributed by atoms with Crippen molar-refractivity contribution in [3.63, 3.8) is 0 Å². The first kappa shape index (κ1) is 28.4. The summed E-state index contributed by atoms with van der Waals surface area (Å²) in [6.07, 6.45) is 3.28. The highest BCUT2D eigenvalue weighted by atomic mass is 35.5. The smallest absolute Gasteiger partial charge is 0.410 e. The standard InChI is InChI=1S/C30H34ClN3O5S/c1-17-14-19(31)15-22(27(17)38-20-9-12-33(13-10-20)29(37)39-30(3,4)5)21-8-11-32-23-16-24(40-28(21)23)18(2)34-25(35)6-7-26(34)36/h8,11,14-16,18,20H,6-7,9-10,12-13H2,1-5H3. The number of imide groups is 1. The number of ether oxygens (including phenoxy) is 2. The van der Waals surface area contributed by atoms with Crippen LogP contribution in [0.2, 0.25) is 5.02 Å². The van der Waals surface area contributed by atoms with E-state index in [0.29, 0.717) is 31.0 Å². The summed E-state index contributed by atoms with van der Waals surface area (Å²) >= 11 is 8.07. The second-order valence-electron chi connectivity index (χ2n) is 11.4. The summed E-state index contributed by atoms with van der Waals surface area (Å²) in [6, 6.07) is 7.34. The van der Waals surface area contributed by atoms with Crippen molar-refractivity contribution in [2.24, 2.45) is 0 Å². The van der Waals surface area contributed by atoms with E-state index in [-0.39, 0.29) is 42.9 Å². The second kappa shape index (κ2) is 11.0. The van der Waals surface area contributed by atoms with Crippen molar-refractivity contribution in [3.05, 3.63) is 45.9 Å². The number of thiophene rings is 1. The summed E-state index contributed by atoms with van der Waals surface area (Å²) in [6.45, 7) is 10.6. The zero-order valence-corrected chi connectivity index (χ0v) is 25.0. The van der Waals surface area contributed by atoms with Gasteiger partial charge in [-0.2, -0.15) is 0 Å². The average molecular weight is 584 g/mol. The maximum atomic E-state index is 12.5. The number of amides is 3. The fraction of sp³-hybridized carbons (Fsp3) is 0.467. The molecule has 3 amide bonds. The van der Waals surface area contributed by atoms with Gasteiger partial charge in [-0.1, -0.05) is 11.6 Å². The number of halogens is 1. The summed E-state index contributed by atoms with van der Waals surface area (Å²) in [5.41, 5.74) is 2.97. The lowest BCUT2D eigenvalue weighted by Gasteiger charge is -2.34. The maximum Gasteiger partial charge on any atom is 0.410 e. The molecule has 0 spiro atoms. The van der Waals surface area contributed by atoms with Crippen LogP contribution in [0.25, 0.3) is 21.3 Å². The van der Waals surface area contributed by atoms with Gasteiger partial charge in [-0.15, -0.1) is 11.3 Å². The van der Waals surface area contributed by atoms with Crippen LogP contribution in [0.5, 0.6) is 5.75 Å². The van der Waals surface area contributed by atoms with Gasteiger partial charge in [-0.3, -0.25) is 19.5 Å². The van der Waals surface area contributed by atoms with E-state index in [2.05, 4.69) is 4.98 Å². The molecule has 4 heterocycles. The van der Waals surface area contributed by atoms with Crippen LogP contribution in [0.4, 0.5) is 4.79 Å². The van der Waals surface area contributed by atoms with Crippen LogP contribution < -0.4 is 4.74 Å². The predicted molar refractivity (Wildman–Crippen MR) is 156 cm³/mol. The highest BCUT2D eigenvalue weighted by Gasteiger charge is 2.34. The Bertz CT molecular complexity index is 1460. The monoisotopic (exact) mass is 583 g/mol. The normalized spacial score (nSPS) is 17.6. The van der Waals surface area contributed by atoms with Crippen molar-refractivity contribution in [2.75, 3.05) is 13.1 Å². The molecule has 2 aromatic heterocycles. The zero-order chi connectivity index (χ0) is 28.8. The Hall–Kier alpha value is -3.17. The minimum atomic E-state index is -0.533. The molecule has 0 bridgehead atoms. The summed E-state index contributed by atoms with van der Waals surface area (Å²) < 4.78 is 13.1. The molecule has 2 aliphatic heterocycles. The van der Waals surface area contributed by atoms with Crippen LogP contribution in [0, 0.1) is 6.92 Å². The molecule has 10 heteroatoms. The number of hydrogen-bond donors (Lipinski definition) is 0. The van der Waals surface area contributed by atoms with Crippen LogP contribution in [-0.2, 0) is 14.3 Å². The van der Waals surface area contributed by atoms with Crippen LogP contribution in [0.1, 0.15) is 69.9 Å². The Labute approximate surface area is 243 Å². The van der Waals surface area contributed by atoms with E-state index in [1.54, 1.807) is 11.1 Å². The molecule has 0 aliphatic carbocycles. The molecule has 1 atom stereocenters.